The molecule has 27 heavy (non-hydrogen) atoms. The molecule has 0 bridgehead atoms. The lowest BCUT2D eigenvalue weighted by Gasteiger charge is -2.19. The van der Waals surface area contributed by atoms with Crippen LogP contribution in [0.2, 0.25) is 0 Å². The number of imidazole rings is 1. The lowest BCUT2D eigenvalue weighted by atomic mass is 10.4. The third-order valence-electron chi connectivity index (χ3n) is 2.85. The largest absolute Gasteiger partial charge is 0.488 e. The summed E-state index contributed by atoms with van der Waals surface area (Å²) in [5.41, 5.74) is 6.41. The predicted molar refractivity (Wildman–Crippen MR) is 89.0 cm³/mol. The van der Waals surface area contributed by atoms with Crippen molar-refractivity contribution in [3.8, 4) is 0 Å². The Morgan fingerprint density at radius 2 is 1.81 bits per heavy atom. The van der Waals surface area contributed by atoms with Gasteiger partial charge in [-0.15, -0.1) is 0 Å². The molecule has 15 nitrogen and oxygen atoms in total. The summed E-state index contributed by atoms with van der Waals surface area (Å²) in [4.78, 5) is 47.4. The van der Waals surface area contributed by atoms with Crippen LogP contribution >= 0.6 is 23.2 Å². The summed E-state index contributed by atoms with van der Waals surface area (Å²) in [6.07, 6.45) is 0.869. The van der Waals surface area contributed by atoms with Gasteiger partial charge in [-0.1, -0.05) is 0 Å². The molecular formula is C9H16N5O10P3. The van der Waals surface area contributed by atoms with E-state index in [0.29, 0.717) is 11.2 Å². The van der Waals surface area contributed by atoms with Crippen molar-refractivity contribution in [1.82, 2.24) is 19.5 Å². The topological polar surface area (TPSA) is 229 Å². The first kappa shape index (κ1) is 22.1. The van der Waals surface area contributed by atoms with Crippen LogP contribution in [0.25, 0.3) is 11.2 Å². The summed E-state index contributed by atoms with van der Waals surface area (Å²) in [7, 11) is -15.8. The van der Waals surface area contributed by atoms with E-state index in [1.807, 2.05) is 0 Å². The van der Waals surface area contributed by atoms with Gasteiger partial charge in [-0.3, -0.25) is 4.57 Å². The van der Waals surface area contributed by atoms with Gasteiger partial charge in [-0.25, -0.2) is 28.4 Å². The lowest BCUT2D eigenvalue weighted by molar-refractivity contribution is 0.0757. The fourth-order valence-corrected chi connectivity index (χ4v) is 5.30. The number of fused-ring (bicyclic) bond motifs is 1. The molecule has 0 spiro atoms. The Morgan fingerprint density at radius 3 is 2.44 bits per heavy atom. The molecule has 0 aromatic carbocycles. The van der Waals surface area contributed by atoms with Gasteiger partial charge in [0.2, 0.25) is 0 Å². The van der Waals surface area contributed by atoms with E-state index in [1.165, 1.54) is 24.1 Å². The monoisotopic (exact) mass is 447 g/mol. The minimum absolute atomic E-state index is 0.114. The first-order valence-corrected chi connectivity index (χ1v) is 11.7. The SMILES string of the molecule is C[C@H](Cn1cnc2c(N)ncnc21)OCP(=O)(O)OP(=O)(O)OP(=O)(O)O. The third kappa shape index (κ3) is 6.70. The summed E-state index contributed by atoms with van der Waals surface area (Å²) in [5, 5.41) is 0. The highest BCUT2D eigenvalue weighted by Crippen LogP contribution is 2.65. The average molecular weight is 447 g/mol. The zero-order valence-corrected chi connectivity index (χ0v) is 16.3. The summed E-state index contributed by atoms with van der Waals surface area (Å²) >= 11 is 0. The van der Waals surface area contributed by atoms with E-state index in [-0.39, 0.29) is 12.4 Å². The molecule has 152 valence electrons. The highest BCUT2D eigenvalue weighted by atomic mass is 31.3. The third-order valence-corrected chi connectivity index (χ3v) is 6.84. The molecule has 2 heterocycles. The van der Waals surface area contributed by atoms with Gasteiger partial charge >= 0.3 is 23.2 Å². The van der Waals surface area contributed by atoms with Crippen molar-refractivity contribution in [3.05, 3.63) is 12.7 Å². The number of nitrogen functional groups attached to an aromatic ring is 1. The Morgan fingerprint density at radius 1 is 1.15 bits per heavy atom. The number of hydrogen-bond acceptors (Lipinski definition) is 10. The molecule has 2 aromatic rings. The number of phosphoric acid groups is 2. The molecule has 0 aliphatic carbocycles. The molecule has 6 N–H and O–H groups in total. The van der Waals surface area contributed by atoms with E-state index < -0.39 is 35.7 Å². The van der Waals surface area contributed by atoms with E-state index in [0.717, 1.165) is 0 Å². The molecule has 2 rings (SSSR count). The van der Waals surface area contributed by atoms with Crippen LogP contribution in [0.4, 0.5) is 5.82 Å². The van der Waals surface area contributed by atoms with Crippen LogP contribution in [0.5, 0.6) is 0 Å². The van der Waals surface area contributed by atoms with Crippen LogP contribution in [0.3, 0.4) is 0 Å². The standard InChI is InChI=1S/C9H16N5O10P3/c1-6(2-14-4-13-7-8(10)11-3-12-9(7)14)22-5-25(15,16)23-27(20,21)24-26(17,18)19/h3-4,6H,2,5H2,1H3,(H,15,16)(H,20,21)(H2,10,11,12)(H2,17,18,19)/t6-/m1/s1. The first-order valence-electron chi connectivity index (χ1n) is 6.94. The van der Waals surface area contributed by atoms with Crippen molar-refractivity contribution in [2.75, 3.05) is 12.1 Å². The summed E-state index contributed by atoms with van der Waals surface area (Å²) in [6.45, 7) is 1.63. The van der Waals surface area contributed by atoms with Gasteiger partial charge in [0, 0.05) is 0 Å². The van der Waals surface area contributed by atoms with E-state index in [1.54, 1.807) is 0 Å². The highest BCUT2D eigenvalue weighted by molar-refractivity contribution is 7.68. The van der Waals surface area contributed by atoms with Crippen molar-refractivity contribution in [3.63, 3.8) is 0 Å². The van der Waals surface area contributed by atoms with Crippen LogP contribution in [0, 0.1) is 0 Å². The van der Waals surface area contributed by atoms with Gasteiger partial charge in [0.05, 0.1) is 19.0 Å². The van der Waals surface area contributed by atoms with Gasteiger partial charge in [0.1, 0.15) is 18.2 Å². The Bertz CT molecular complexity index is 959. The molecule has 0 fully saturated rings. The highest BCUT2D eigenvalue weighted by Gasteiger charge is 2.39. The van der Waals surface area contributed by atoms with E-state index >= 15 is 0 Å². The summed E-state index contributed by atoms with van der Waals surface area (Å²) in [5.74, 6) is 0.171. The van der Waals surface area contributed by atoms with Crippen LogP contribution in [-0.2, 0) is 33.6 Å². The van der Waals surface area contributed by atoms with Crippen molar-refractivity contribution in [2.24, 2.45) is 0 Å². The van der Waals surface area contributed by atoms with Crippen molar-refractivity contribution >= 4 is 40.2 Å². The fraction of sp³-hybridized carbons (Fsp3) is 0.444. The lowest BCUT2D eigenvalue weighted by Crippen LogP contribution is -2.17. The van der Waals surface area contributed by atoms with Gasteiger partial charge in [0.25, 0.3) is 0 Å². The van der Waals surface area contributed by atoms with Gasteiger partial charge in [0.15, 0.2) is 11.5 Å². The second-order valence-corrected chi connectivity index (χ2v) is 9.95. The van der Waals surface area contributed by atoms with Crippen LogP contribution < -0.4 is 5.73 Å². The number of nitrogens with zero attached hydrogens (tertiary/aromatic N) is 4. The average Bonchev–Trinajstić information content (AvgIpc) is 2.86. The van der Waals surface area contributed by atoms with Gasteiger partial charge < -0.3 is 34.6 Å². The first-order chi connectivity index (χ1) is 12.3. The quantitative estimate of drug-likeness (QED) is 0.323. The number of nitrogens with two attached hydrogens (primary N) is 1. The maximum absolute atomic E-state index is 11.8. The molecule has 2 unspecified atom stereocenters. The normalized spacial score (nSPS) is 18.1. The minimum atomic E-state index is -5.49. The Kier molecular flexibility index (Phi) is 6.55. The second-order valence-electron chi connectivity index (χ2n) is 5.19. The van der Waals surface area contributed by atoms with Gasteiger partial charge in [-0.05, 0) is 6.92 Å². The Labute approximate surface area is 151 Å². The molecule has 0 amide bonds. The van der Waals surface area contributed by atoms with Crippen molar-refractivity contribution in [2.45, 2.75) is 19.6 Å². The predicted octanol–water partition coefficient (Wildman–Crippen LogP) is 0.183. The number of ether oxygens (including phenoxy) is 1. The smallest absolute Gasteiger partial charge is 0.382 e. The van der Waals surface area contributed by atoms with Crippen molar-refractivity contribution in [1.29, 1.82) is 0 Å². The maximum Gasteiger partial charge on any atom is 0.488 e. The molecule has 0 saturated carbocycles. The molecule has 3 atom stereocenters. The van der Waals surface area contributed by atoms with Crippen LogP contribution in [0.1, 0.15) is 6.92 Å². The Balaban J connectivity index is 1.96. The van der Waals surface area contributed by atoms with Gasteiger partial charge in [-0.2, -0.15) is 4.31 Å². The number of anilines is 1. The molecule has 0 aliphatic heterocycles. The summed E-state index contributed by atoms with van der Waals surface area (Å²) < 4.78 is 47.6. The Hall–Kier alpha value is -1.24. The van der Waals surface area contributed by atoms with E-state index in [2.05, 4.69) is 23.6 Å². The molecule has 0 radical (unpaired) electrons. The number of rotatable bonds is 9. The molecular weight excluding hydrogens is 431 g/mol. The minimum Gasteiger partial charge on any atom is -0.382 e. The molecule has 0 saturated heterocycles. The van der Waals surface area contributed by atoms with Crippen molar-refractivity contribution < 1.29 is 46.6 Å². The fourth-order valence-electron chi connectivity index (χ4n) is 1.92. The zero-order chi connectivity index (χ0) is 20.5. The zero-order valence-electron chi connectivity index (χ0n) is 13.6. The van der Waals surface area contributed by atoms with E-state index in [4.69, 9.17) is 25.2 Å². The van der Waals surface area contributed by atoms with E-state index in [9.17, 15) is 18.6 Å². The molecule has 18 heteroatoms. The number of aromatic nitrogens is 4. The van der Waals surface area contributed by atoms with Crippen LogP contribution in [-0.4, -0.2) is 51.5 Å². The molecule has 0 aliphatic rings. The maximum atomic E-state index is 11.8. The second kappa shape index (κ2) is 8.02. The summed E-state index contributed by atoms with van der Waals surface area (Å²) in [6, 6.07) is 0. The van der Waals surface area contributed by atoms with Crippen LogP contribution in [0.15, 0.2) is 12.7 Å². The number of hydrogen-bond donors (Lipinski definition) is 5. The molecule has 2 aromatic heterocycles.